The SMILES string of the molecule is CN(CCC[C@H](N)C(=O)O)C(=N)N.Cl.Cl. The number of carboxylic acids is 1. The Kier molecular flexibility index (Phi) is 13.0. The number of hydrogen-bond donors (Lipinski definition) is 4. The highest BCUT2D eigenvalue weighted by molar-refractivity contribution is 5.85. The molecule has 0 unspecified atom stereocenters. The second-order valence-corrected chi connectivity index (χ2v) is 2.89. The lowest BCUT2D eigenvalue weighted by Gasteiger charge is -2.16. The largest absolute Gasteiger partial charge is 0.480 e. The van der Waals surface area contributed by atoms with Crippen molar-refractivity contribution in [2.75, 3.05) is 13.6 Å². The topological polar surface area (TPSA) is 116 Å². The van der Waals surface area contributed by atoms with E-state index in [-0.39, 0.29) is 30.8 Å². The van der Waals surface area contributed by atoms with E-state index in [0.29, 0.717) is 19.4 Å². The predicted octanol–water partition coefficient (Wildman–Crippen LogP) is -0.153. The van der Waals surface area contributed by atoms with Crippen molar-refractivity contribution in [3.63, 3.8) is 0 Å². The molecule has 92 valence electrons. The highest BCUT2D eigenvalue weighted by Crippen LogP contribution is 1.96. The zero-order valence-corrected chi connectivity index (χ0v) is 10.1. The van der Waals surface area contributed by atoms with Crippen molar-refractivity contribution in [2.24, 2.45) is 11.5 Å². The van der Waals surface area contributed by atoms with Crippen molar-refractivity contribution >= 4 is 36.7 Å². The van der Waals surface area contributed by atoms with Crippen molar-refractivity contribution in [3.05, 3.63) is 0 Å². The Hall–Kier alpha value is -0.720. The first-order chi connectivity index (χ1) is 5.95. The van der Waals surface area contributed by atoms with Crippen molar-refractivity contribution in [2.45, 2.75) is 18.9 Å². The molecule has 0 fully saturated rings. The number of nitrogens with one attached hydrogen (secondary N) is 1. The van der Waals surface area contributed by atoms with E-state index in [1.54, 1.807) is 7.05 Å². The van der Waals surface area contributed by atoms with Crippen molar-refractivity contribution in [3.8, 4) is 0 Å². The summed E-state index contributed by atoms with van der Waals surface area (Å²) in [5, 5.41) is 15.5. The van der Waals surface area contributed by atoms with Gasteiger partial charge in [-0.2, -0.15) is 0 Å². The lowest BCUT2D eigenvalue weighted by atomic mass is 10.1. The Morgan fingerprint density at radius 1 is 1.53 bits per heavy atom. The molecular formula is C7H18Cl2N4O2. The van der Waals surface area contributed by atoms with Gasteiger partial charge in [-0.25, -0.2) is 0 Å². The molecule has 15 heavy (non-hydrogen) atoms. The first-order valence-corrected chi connectivity index (χ1v) is 3.98. The summed E-state index contributed by atoms with van der Waals surface area (Å²) in [5.41, 5.74) is 10.5. The summed E-state index contributed by atoms with van der Waals surface area (Å²) in [7, 11) is 1.68. The number of rotatable bonds is 5. The summed E-state index contributed by atoms with van der Waals surface area (Å²) < 4.78 is 0. The summed E-state index contributed by atoms with van der Waals surface area (Å²) >= 11 is 0. The second kappa shape index (κ2) is 9.82. The van der Waals surface area contributed by atoms with Crippen LogP contribution in [0.1, 0.15) is 12.8 Å². The van der Waals surface area contributed by atoms with Crippen LogP contribution in [-0.4, -0.2) is 41.6 Å². The van der Waals surface area contributed by atoms with Crippen LogP contribution in [0.5, 0.6) is 0 Å². The van der Waals surface area contributed by atoms with Crippen LogP contribution in [0.2, 0.25) is 0 Å². The van der Waals surface area contributed by atoms with E-state index in [0.717, 1.165) is 0 Å². The average Bonchev–Trinajstić information content (AvgIpc) is 2.03. The van der Waals surface area contributed by atoms with Gasteiger partial charge in [0, 0.05) is 13.6 Å². The first kappa shape index (κ1) is 19.8. The van der Waals surface area contributed by atoms with E-state index < -0.39 is 12.0 Å². The normalized spacial score (nSPS) is 10.5. The first-order valence-electron chi connectivity index (χ1n) is 3.98. The number of aliphatic carboxylic acids is 1. The number of guanidine groups is 1. The third-order valence-electron chi connectivity index (χ3n) is 1.74. The van der Waals surface area contributed by atoms with E-state index in [4.69, 9.17) is 22.0 Å². The summed E-state index contributed by atoms with van der Waals surface area (Å²) in [4.78, 5) is 11.8. The van der Waals surface area contributed by atoms with Gasteiger partial charge in [-0.3, -0.25) is 10.2 Å². The molecule has 0 aromatic carbocycles. The molecule has 0 aromatic rings. The summed E-state index contributed by atoms with van der Waals surface area (Å²) in [6.07, 6.45) is 1.01. The molecule has 8 heteroatoms. The summed E-state index contributed by atoms with van der Waals surface area (Å²) in [6, 6.07) is -0.819. The molecule has 0 bridgehead atoms. The van der Waals surface area contributed by atoms with Gasteiger partial charge >= 0.3 is 5.97 Å². The van der Waals surface area contributed by atoms with Crippen molar-refractivity contribution in [1.29, 1.82) is 5.41 Å². The maximum atomic E-state index is 10.3. The maximum Gasteiger partial charge on any atom is 0.320 e. The van der Waals surface area contributed by atoms with Crippen LogP contribution in [0, 0.1) is 5.41 Å². The second-order valence-electron chi connectivity index (χ2n) is 2.89. The molecule has 0 aromatic heterocycles. The fourth-order valence-corrected chi connectivity index (χ4v) is 0.792. The Bertz CT molecular complexity index is 183. The van der Waals surface area contributed by atoms with Gasteiger partial charge in [-0.15, -0.1) is 24.8 Å². The molecule has 0 radical (unpaired) electrons. The molecule has 0 aliphatic heterocycles. The smallest absolute Gasteiger partial charge is 0.320 e. The molecular weight excluding hydrogens is 243 g/mol. The lowest BCUT2D eigenvalue weighted by molar-refractivity contribution is -0.138. The zero-order valence-electron chi connectivity index (χ0n) is 8.47. The minimum atomic E-state index is -0.995. The van der Waals surface area contributed by atoms with Crippen LogP contribution in [0.3, 0.4) is 0 Å². The van der Waals surface area contributed by atoms with Crippen LogP contribution in [0.15, 0.2) is 0 Å². The van der Waals surface area contributed by atoms with Gasteiger partial charge in [0.25, 0.3) is 0 Å². The highest BCUT2D eigenvalue weighted by Gasteiger charge is 2.10. The molecule has 0 aliphatic rings. The van der Waals surface area contributed by atoms with Gasteiger partial charge in [0.05, 0.1) is 0 Å². The van der Waals surface area contributed by atoms with Gasteiger partial charge in [-0.05, 0) is 12.8 Å². The highest BCUT2D eigenvalue weighted by atomic mass is 35.5. The number of carbonyl (C=O) groups is 1. The van der Waals surface area contributed by atoms with E-state index in [9.17, 15) is 4.79 Å². The molecule has 1 atom stereocenters. The molecule has 0 aliphatic carbocycles. The van der Waals surface area contributed by atoms with E-state index >= 15 is 0 Å². The average molecular weight is 261 g/mol. The van der Waals surface area contributed by atoms with Crippen LogP contribution >= 0.6 is 24.8 Å². The third kappa shape index (κ3) is 9.58. The molecule has 6 nitrogen and oxygen atoms in total. The van der Waals surface area contributed by atoms with Gasteiger partial charge < -0.3 is 21.5 Å². The Balaban J connectivity index is -0.000000720. The van der Waals surface area contributed by atoms with Crippen LogP contribution in [-0.2, 0) is 4.79 Å². The zero-order chi connectivity index (χ0) is 10.4. The molecule has 0 saturated carbocycles. The van der Waals surface area contributed by atoms with Crippen LogP contribution in [0.25, 0.3) is 0 Å². The molecule has 0 spiro atoms. The Labute approximate surface area is 101 Å². The minimum absolute atomic E-state index is 0. The van der Waals surface area contributed by atoms with Gasteiger partial charge in [0.1, 0.15) is 6.04 Å². The van der Waals surface area contributed by atoms with E-state index in [2.05, 4.69) is 0 Å². The quantitative estimate of drug-likeness (QED) is 0.405. The summed E-state index contributed by atoms with van der Waals surface area (Å²) in [5.74, 6) is -1.02. The minimum Gasteiger partial charge on any atom is -0.480 e. The van der Waals surface area contributed by atoms with Crippen LogP contribution in [0.4, 0.5) is 0 Å². The van der Waals surface area contributed by atoms with Crippen molar-refractivity contribution in [1.82, 2.24) is 4.90 Å². The lowest BCUT2D eigenvalue weighted by Crippen LogP contribution is -2.35. The summed E-state index contributed by atoms with van der Waals surface area (Å²) in [6.45, 7) is 0.552. The monoisotopic (exact) mass is 260 g/mol. The number of nitrogens with zero attached hydrogens (tertiary/aromatic N) is 1. The van der Waals surface area contributed by atoms with Gasteiger partial charge in [0.15, 0.2) is 5.96 Å². The van der Waals surface area contributed by atoms with E-state index in [1.165, 1.54) is 4.90 Å². The molecule has 6 N–H and O–H groups in total. The maximum absolute atomic E-state index is 10.3. The number of nitrogens with two attached hydrogens (primary N) is 2. The number of carboxylic acid groups (broad SMARTS) is 1. The van der Waals surface area contributed by atoms with Crippen LogP contribution < -0.4 is 11.5 Å². The fourth-order valence-electron chi connectivity index (χ4n) is 0.792. The third-order valence-corrected chi connectivity index (χ3v) is 1.74. The Morgan fingerprint density at radius 3 is 2.33 bits per heavy atom. The molecule has 0 rings (SSSR count). The molecule has 0 heterocycles. The van der Waals surface area contributed by atoms with Gasteiger partial charge in [0.2, 0.25) is 0 Å². The standard InChI is InChI=1S/C7H16N4O2.2ClH/c1-11(7(9)10)4-2-3-5(8)6(12)13;;/h5H,2-4,8H2,1H3,(H3,9,10)(H,12,13);2*1H/t5-;;/m0../s1. The number of hydrogen-bond acceptors (Lipinski definition) is 3. The fraction of sp³-hybridized carbons (Fsp3) is 0.714. The van der Waals surface area contributed by atoms with Crippen molar-refractivity contribution < 1.29 is 9.90 Å². The predicted molar refractivity (Wildman–Crippen MR) is 63.9 cm³/mol. The molecule has 0 saturated heterocycles. The molecule has 0 amide bonds. The number of halogens is 2. The Morgan fingerprint density at radius 2 is 2.00 bits per heavy atom. The van der Waals surface area contributed by atoms with E-state index in [1.807, 2.05) is 0 Å². The van der Waals surface area contributed by atoms with Gasteiger partial charge in [-0.1, -0.05) is 0 Å².